The number of nitrogens with one attached hydrogen (secondary N) is 1. The molecule has 5 heteroatoms. The predicted octanol–water partition coefficient (Wildman–Crippen LogP) is 4.17. The minimum absolute atomic E-state index is 0.103. The van der Waals surface area contributed by atoms with Crippen LogP contribution in [0.5, 0.6) is 0 Å². The lowest BCUT2D eigenvalue weighted by molar-refractivity contribution is 0.216. The first kappa shape index (κ1) is 16.4. The van der Waals surface area contributed by atoms with Crippen LogP contribution in [0.4, 0.5) is 4.79 Å². The number of fused-ring (bicyclic) bond motifs is 1. The zero-order valence-electron chi connectivity index (χ0n) is 14.6. The molecule has 1 aliphatic carbocycles. The molecule has 1 fully saturated rings. The molecule has 1 aromatic heterocycles. The zero-order chi connectivity index (χ0) is 18.1. The van der Waals surface area contributed by atoms with Crippen LogP contribution in [0.25, 0.3) is 11.0 Å². The van der Waals surface area contributed by atoms with Gasteiger partial charge in [-0.3, -0.25) is 0 Å². The Morgan fingerprint density at radius 2 is 1.85 bits per heavy atom. The SMILES string of the molecule is CC1(c2ccccc2)CC(/C(=N\NC(N)=O)c2cc3ccccc3o2)C1. The number of carbonyl (C=O) groups is 1. The maximum absolute atomic E-state index is 11.2. The molecule has 1 saturated carbocycles. The third-order valence-corrected chi connectivity index (χ3v) is 5.22. The second-order valence-corrected chi connectivity index (χ2v) is 7.15. The van der Waals surface area contributed by atoms with E-state index < -0.39 is 6.03 Å². The number of benzene rings is 2. The Bertz CT molecular complexity index is 936. The quantitative estimate of drug-likeness (QED) is 0.548. The first-order chi connectivity index (χ1) is 12.5. The molecule has 0 spiro atoms. The molecule has 132 valence electrons. The molecule has 4 rings (SSSR count). The summed E-state index contributed by atoms with van der Waals surface area (Å²) in [5.74, 6) is 0.882. The second-order valence-electron chi connectivity index (χ2n) is 7.15. The number of nitrogens with zero attached hydrogens (tertiary/aromatic N) is 1. The van der Waals surface area contributed by atoms with Gasteiger partial charge in [0.1, 0.15) is 11.3 Å². The van der Waals surface area contributed by atoms with Gasteiger partial charge in [-0.25, -0.2) is 10.2 Å². The molecular weight excluding hydrogens is 326 g/mol. The van der Waals surface area contributed by atoms with Gasteiger partial charge in [-0.1, -0.05) is 55.5 Å². The first-order valence-electron chi connectivity index (χ1n) is 8.73. The van der Waals surface area contributed by atoms with Crippen molar-refractivity contribution in [3.63, 3.8) is 0 Å². The molecule has 3 aromatic rings. The molecule has 1 aliphatic rings. The van der Waals surface area contributed by atoms with Crippen LogP contribution in [0.1, 0.15) is 31.1 Å². The fourth-order valence-corrected chi connectivity index (χ4v) is 3.87. The van der Waals surface area contributed by atoms with Crippen LogP contribution in [0.15, 0.2) is 70.2 Å². The van der Waals surface area contributed by atoms with Crippen LogP contribution in [0.2, 0.25) is 0 Å². The van der Waals surface area contributed by atoms with Gasteiger partial charge in [0.15, 0.2) is 5.76 Å². The van der Waals surface area contributed by atoms with Gasteiger partial charge < -0.3 is 10.2 Å². The van der Waals surface area contributed by atoms with E-state index in [1.165, 1.54) is 5.56 Å². The first-order valence-corrected chi connectivity index (χ1v) is 8.73. The number of hydrazone groups is 1. The van der Waals surface area contributed by atoms with Crippen molar-refractivity contribution in [2.24, 2.45) is 16.8 Å². The fraction of sp³-hybridized carbons (Fsp3) is 0.238. The van der Waals surface area contributed by atoms with Crippen molar-refractivity contribution in [2.75, 3.05) is 0 Å². The molecule has 2 aromatic carbocycles. The van der Waals surface area contributed by atoms with Crippen LogP contribution in [-0.2, 0) is 5.41 Å². The van der Waals surface area contributed by atoms with E-state index in [2.05, 4.69) is 41.7 Å². The Balaban J connectivity index is 1.63. The summed E-state index contributed by atoms with van der Waals surface area (Å²) in [6.07, 6.45) is 1.88. The lowest BCUT2D eigenvalue weighted by Crippen LogP contribution is -2.43. The summed E-state index contributed by atoms with van der Waals surface area (Å²) in [7, 11) is 0. The summed E-state index contributed by atoms with van der Waals surface area (Å²) in [6.45, 7) is 2.26. The van der Waals surface area contributed by atoms with Crippen molar-refractivity contribution in [3.8, 4) is 0 Å². The highest BCUT2D eigenvalue weighted by atomic mass is 16.3. The average molecular weight is 347 g/mol. The number of carbonyl (C=O) groups excluding carboxylic acids is 1. The monoisotopic (exact) mass is 347 g/mol. The summed E-state index contributed by atoms with van der Waals surface area (Å²) in [5, 5.41) is 5.28. The molecule has 0 atom stereocenters. The minimum Gasteiger partial charge on any atom is -0.455 e. The topological polar surface area (TPSA) is 80.6 Å². The van der Waals surface area contributed by atoms with Gasteiger partial charge in [0.05, 0.1) is 0 Å². The van der Waals surface area contributed by atoms with E-state index in [0.29, 0.717) is 5.76 Å². The van der Waals surface area contributed by atoms with Gasteiger partial charge in [0, 0.05) is 11.3 Å². The number of hydrogen-bond donors (Lipinski definition) is 2. The zero-order valence-corrected chi connectivity index (χ0v) is 14.6. The highest BCUT2D eigenvalue weighted by molar-refractivity contribution is 6.03. The Morgan fingerprint density at radius 3 is 2.54 bits per heavy atom. The fourth-order valence-electron chi connectivity index (χ4n) is 3.87. The van der Waals surface area contributed by atoms with E-state index in [9.17, 15) is 4.79 Å². The van der Waals surface area contributed by atoms with E-state index in [4.69, 9.17) is 10.2 Å². The number of para-hydroxylation sites is 1. The largest absolute Gasteiger partial charge is 0.455 e. The molecule has 26 heavy (non-hydrogen) atoms. The van der Waals surface area contributed by atoms with Crippen molar-refractivity contribution < 1.29 is 9.21 Å². The normalized spacial score (nSPS) is 22.8. The van der Waals surface area contributed by atoms with E-state index in [0.717, 1.165) is 29.5 Å². The number of primary amides is 1. The molecule has 0 bridgehead atoms. The number of urea groups is 1. The van der Waals surface area contributed by atoms with Gasteiger partial charge in [0.2, 0.25) is 0 Å². The number of amides is 2. The lowest BCUT2D eigenvalue weighted by atomic mass is 9.58. The van der Waals surface area contributed by atoms with Crippen LogP contribution in [0, 0.1) is 5.92 Å². The summed E-state index contributed by atoms with van der Waals surface area (Å²) in [4.78, 5) is 11.2. The Labute approximate surface area is 151 Å². The number of rotatable bonds is 4. The molecule has 0 saturated heterocycles. The molecule has 5 nitrogen and oxygen atoms in total. The molecule has 0 aliphatic heterocycles. The van der Waals surface area contributed by atoms with E-state index in [-0.39, 0.29) is 11.3 Å². The van der Waals surface area contributed by atoms with Gasteiger partial charge in [-0.2, -0.15) is 5.10 Å². The third kappa shape index (κ3) is 2.96. The molecule has 2 amide bonds. The van der Waals surface area contributed by atoms with Crippen molar-refractivity contribution in [2.45, 2.75) is 25.2 Å². The van der Waals surface area contributed by atoms with E-state index >= 15 is 0 Å². The minimum atomic E-state index is -0.677. The molecular formula is C21H21N3O2. The summed E-state index contributed by atoms with van der Waals surface area (Å²) in [5.41, 5.74) is 10.6. The number of nitrogens with two attached hydrogens (primary N) is 1. The van der Waals surface area contributed by atoms with Crippen molar-refractivity contribution in [1.29, 1.82) is 0 Å². The maximum atomic E-state index is 11.2. The molecule has 1 heterocycles. The van der Waals surface area contributed by atoms with Crippen LogP contribution in [0.3, 0.4) is 0 Å². The van der Waals surface area contributed by atoms with Crippen molar-refractivity contribution in [3.05, 3.63) is 72.0 Å². The highest BCUT2D eigenvalue weighted by Crippen LogP contribution is 2.49. The standard InChI is InChI=1S/C21H21N3O2/c1-21(16-8-3-2-4-9-16)12-15(13-21)19(23-24-20(22)25)18-11-14-7-5-6-10-17(14)26-18/h2-11,15H,12-13H2,1H3,(H3,22,24,25)/b23-19+. The lowest BCUT2D eigenvalue weighted by Gasteiger charge is -2.45. The van der Waals surface area contributed by atoms with Gasteiger partial charge >= 0.3 is 6.03 Å². The predicted molar refractivity (Wildman–Crippen MR) is 102 cm³/mol. The van der Waals surface area contributed by atoms with Gasteiger partial charge in [-0.05, 0) is 36.0 Å². The van der Waals surface area contributed by atoms with E-state index in [1.54, 1.807) is 0 Å². The maximum Gasteiger partial charge on any atom is 0.332 e. The van der Waals surface area contributed by atoms with Gasteiger partial charge in [0.25, 0.3) is 0 Å². The molecule has 3 N–H and O–H groups in total. The number of hydrogen-bond acceptors (Lipinski definition) is 3. The highest BCUT2D eigenvalue weighted by Gasteiger charge is 2.44. The van der Waals surface area contributed by atoms with E-state index in [1.807, 2.05) is 36.4 Å². The number of furan rings is 1. The van der Waals surface area contributed by atoms with Crippen LogP contribution in [-0.4, -0.2) is 11.7 Å². The van der Waals surface area contributed by atoms with Crippen LogP contribution >= 0.6 is 0 Å². The summed E-state index contributed by atoms with van der Waals surface area (Å²) >= 11 is 0. The van der Waals surface area contributed by atoms with Gasteiger partial charge in [-0.15, -0.1) is 0 Å². The molecule has 0 unspecified atom stereocenters. The second kappa shape index (κ2) is 6.33. The average Bonchev–Trinajstić information content (AvgIpc) is 3.04. The van der Waals surface area contributed by atoms with Crippen molar-refractivity contribution >= 4 is 22.7 Å². The Morgan fingerprint density at radius 1 is 1.15 bits per heavy atom. The smallest absolute Gasteiger partial charge is 0.332 e. The Kier molecular flexibility index (Phi) is 3.99. The molecule has 0 radical (unpaired) electrons. The van der Waals surface area contributed by atoms with Crippen LogP contribution < -0.4 is 11.2 Å². The summed E-state index contributed by atoms with van der Waals surface area (Å²) < 4.78 is 5.97. The summed E-state index contributed by atoms with van der Waals surface area (Å²) in [6, 6.07) is 19.6. The third-order valence-electron chi connectivity index (χ3n) is 5.22. The van der Waals surface area contributed by atoms with Crippen molar-refractivity contribution in [1.82, 2.24) is 5.43 Å². The Hall–Kier alpha value is -3.08.